The van der Waals surface area contributed by atoms with Crippen molar-refractivity contribution in [3.63, 3.8) is 0 Å². The molecule has 1 unspecified atom stereocenters. The number of carbonyl (C=O) groups excluding carboxylic acids is 1. The molecule has 0 bridgehead atoms. The Balaban J connectivity index is 1.64. The maximum absolute atomic E-state index is 12.4. The van der Waals surface area contributed by atoms with Gasteiger partial charge in [-0.15, -0.1) is 0 Å². The van der Waals surface area contributed by atoms with Crippen LogP contribution in [0.3, 0.4) is 0 Å². The van der Waals surface area contributed by atoms with Crippen molar-refractivity contribution in [2.45, 2.75) is 78.2 Å². The normalized spacial score (nSPS) is 12.4. The Hall–Kier alpha value is -2.33. The SMILES string of the molecule is CCCCCCCCCc1cccc(OCOC(=O)C(C)CC[N+](C)(C)Cc2ccccc2)c1. The summed E-state index contributed by atoms with van der Waals surface area (Å²) in [4.78, 5) is 12.4. The van der Waals surface area contributed by atoms with Gasteiger partial charge in [0.15, 0.2) is 0 Å². The molecule has 4 nitrogen and oxygen atoms in total. The van der Waals surface area contributed by atoms with Gasteiger partial charge in [-0.3, -0.25) is 4.79 Å². The molecule has 0 aromatic heterocycles. The van der Waals surface area contributed by atoms with Crippen LogP contribution in [-0.2, 0) is 22.5 Å². The van der Waals surface area contributed by atoms with Crippen LogP contribution in [0.15, 0.2) is 54.6 Å². The Bertz CT molecular complexity index is 819. The van der Waals surface area contributed by atoms with E-state index in [4.69, 9.17) is 9.47 Å². The Kier molecular flexibility index (Phi) is 12.8. The molecule has 0 saturated heterocycles. The number of nitrogens with zero attached hydrogens (tertiary/aromatic N) is 1. The largest absolute Gasteiger partial charge is 0.457 e. The number of rotatable bonds is 17. The summed E-state index contributed by atoms with van der Waals surface area (Å²) in [5.74, 6) is 0.418. The monoisotopic (exact) mass is 468 g/mol. The molecule has 0 radical (unpaired) electrons. The summed E-state index contributed by atoms with van der Waals surface area (Å²) < 4.78 is 12.0. The average molecular weight is 469 g/mol. The third-order valence-corrected chi connectivity index (χ3v) is 6.42. The van der Waals surface area contributed by atoms with Crippen LogP contribution in [0.5, 0.6) is 5.75 Å². The first kappa shape index (κ1) is 27.9. The molecule has 0 fully saturated rings. The highest BCUT2D eigenvalue weighted by Gasteiger charge is 2.21. The molecule has 2 aromatic carbocycles. The maximum Gasteiger partial charge on any atom is 0.311 e. The Morgan fingerprint density at radius 3 is 2.29 bits per heavy atom. The van der Waals surface area contributed by atoms with Crippen LogP contribution in [0.1, 0.15) is 76.3 Å². The number of esters is 1. The van der Waals surface area contributed by atoms with Crippen molar-refractivity contribution >= 4 is 5.97 Å². The van der Waals surface area contributed by atoms with E-state index in [1.165, 1.54) is 56.1 Å². The van der Waals surface area contributed by atoms with Crippen LogP contribution >= 0.6 is 0 Å². The topological polar surface area (TPSA) is 35.5 Å². The number of ether oxygens (including phenoxy) is 2. The van der Waals surface area contributed by atoms with Gasteiger partial charge in [-0.1, -0.05) is 94.8 Å². The summed E-state index contributed by atoms with van der Waals surface area (Å²) in [5.41, 5.74) is 2.59. The molecule has 0 N–H and O–H groups in total. The number of carbonyl (C=O) groups is 1. The maximum atomic E-state index is 12.4. The van der Waals surface area contributed by atoms with Gasteiger partial charge in [-0.25, -0.2) is 0 Å². The van der Waals surface area contributed by atoms with E-state index in [0.29, 0.717) is 0 Å². The van der Waals surface area contributed by atoms with Gasteiger partial charge in [-0.05, 0) is 30.5 Å². The molecule has 0 spiro atoms. The number of hydrogen-bond donors (Lipinski definition) is 0. The van der Waals surface area contributed by atoms with Gasteiger partial charge in [0, 0.05) is 12.0 Å². The molecule has 1 atom stereocenters. The lowest BCUT2D eigenvalue weighted by molar-refractivity contribution is -0.904. The zero-order chi connectivity index (χ0) is 24.7. The lowest BCUT2D eigenvalue weighted by atomic mass is 10.0. The number of hydrogen-bond acceptors (Lipinski definition) is 3. The smallest absolute Gasteiger partial charge is 0.311 e. The second-order valence-electron chi connectivity index (χ2n) is 10.2. The van der Waals surface area contributed by atoms with Gasteiger partial charge in [-0.2, -0.15) is 0 Å². The average Bonchev–Trinajstić information content (AvgIpc) is 2.82. The highest BCUT2D eigenvalue weighted by atomic mass is 16.7. The lowest BCUT2D eigenvalue weighted by Gasteiger charge is -2.30. The van der Waals surface area contributed by atoms with E-state index < -0.39 is 0 Å². The predicted octanol–water partition coefficient (Wildman–Crippen LogP) is 7.16. The van der Waals surface area contributed by atoms with Crippen molar-refractivity contribution in [2.24, 2.45) is 5.92 Å². The third kappa shape index (κ3) is 11.7. The van der Waals surface area contributed by atoms with Crippen LogP contribution in [-0.4, -0.2) is 37.9 Å². The Morgan fingerprint density at radius 1 is 0.882 bits per heavy atom. The van der Waals surface area contributed by atoms with Crippen molar-refractivity contribution in [2.75, 3.05) is 27.4 Å². The number of unbranched alkanes of at least 4 members (excludes halogenated alkanes) is 6. The first-order valence-corrected chi connectivity index (χ1v) is 13.1. The minimum atomic E-state index is -0.195. The van der Waals surface area contributed by atoms with E-state index in [9.17, 15) is 4.79 Å². The first-order chi connectivity index (χ1) is 16.4. The summed E-state index contributed by atoms with van der Waals surface area (Å²) >= 11 is 0. The van der Waals surface area contributed by atoms with E-state index in [-0.39, 0.29) is 18.7 Å². The van der Waals surface area contributed by atoms with Crippen LogP contribution in [0.4, 0.5) is 0 Å². The molecule has 0 aliphatic rings. The van der Waals surface area contributed by atoms with Gasteiger partial charge in [0.05, 0.1) is 26.6 Å². The molecule has 0 aliphatic heterocycles. The fraction of sp³-hybridized carbons (Fsp3) is 0.567. The number of aryl methyl sites for hydroxylation is 1. The summed E-state index contributed by atoms with van der Waals surface area (Å²) in [6, 6.07) is 18.6. The summed E-state index contributed by atoms with van der Waals surface area (Å²) in [7, 11) is 4.40. The fourth-order valence-electron chi connectivity index (χ4n) is 4.19. The second kappa shape index (κ2) is 15.5. The van der Waals surface area contributed by atoms with Crippen molar-refractivity contribution in [3.05, 3.63) is 65.7 Å². The first-order valence-electron chi connectivity index (χ1n) is 13.1. The second-order valence-corrected chi connectivity index (χ2v) is 10.2. The molecule has 2 rings (SSSR count). The highest BCUT2D eigenvalue weighted by molar-refractivity contribution is 5.71. The number of quaternary nitrogens is 1. The minimum absolute atomic E-state index is 0.0354. The molecule has 188 valence electrons. The molecular formula is C30H46NO3+. The number of benzene rings is 2. The van der Waals surface area contributed by atoms with Crippen molar-refractivity contribution < 1.29 is 18.8 Å². The summed E-state index contributed by atoms with van der Waals surface area (Å²) in [5, 5.41) is 0. The van der Waals surface area contributed by atoms with E-state index in [1.54, 1.807) is 0 Å². The molecule has 0 saturated carbocycles. The predicted molar refractivity (Wildman–Crippen MR) is 141 cm³/mol. The van der Waals surface area contributed by atoms with Gasteiger partial charge in [0.1, 0.15) is 12.3 Å². The summed E-state index contributed by atoms with van der Waals surface area (Å²) in [6.45, 7) is 6.01. The molecule has 0 heterocycles. The molecule has 4 heteroatoms. The molecule has 34 heavy (non-hydrogen) atoms. The van der Waals surface area contributed by atoms with Crippen LogP contribution in [0, 0.1) is 5.92 Å². The highest BCUT2D eigenvalue weighted by Crippen LogP contribution is 2.17. The van der Waals surface area contributed by atoms with E-state index in [2.05, 4.69) is 57.4 Å². The zero-order valence-electron chi connectivity index (χ0n) is 21.9. The van der Waals surface area contributed by atoms with Crippen LogP contribution < -0.4 is 4.74 Å². The van der Waals surface area contributed by atoms with E-state index in [1.807, 2.05) is 25.1 Å². The fourth-order valence-corrected chi connectivity index (χ4v) is 4.19. The quantitative estimate of drug-likeness (QED) is 0.107. The third-order valence-electron chi connectivity index (χ3n) is 6.42. The van der Waals surface area contributed by atoms with Crippen LogP contribution in [0.2, 0.25) is 0 Å². The van der Waals surface area contributed by atoms with Gasteiger partial charge in [0.25, 0.3) is 0 Å². The molecule has 0 amide bonds. The van der Waals surface area contributed by atoms with Gasteiger partial charge < -0.3 is 14.0 Å². The molecule has 2 aromatic rings. The van der Waals surface area contributed by atoms with Crippen molar-refractivity contribution in [1.82, 2.24) is 0 Å². The molecular weight excluding hydrogens is 422 g/mol. The summed E-state index contributed by atoms with van der Waals surface area (Å²) in [6.07, 6.45) is 11.0. The Labute approximate surface area is 207 Å². The lowest BCUT2D eigenvalue weighted by Crippen LogP contribution is -2.40. The van der Waals surface area contributed by atoms with Crippen molar-refractivity contribution in [1.29, 1.82) is 0 Å². The van der Waals surface area contributed by atoms with Gasteiger partial charge >= 0.3 is 5.97 Å². The Morgan fingerprint density at radius 2 is 1.56 bits per heavy atom. The van der Waals surface area contributed by atoms with E-state index >= 15 is 0 Å². The minimum Gasteiger partial charge on any atom is -0.457 e. The zero-order valence-corrected chi connectivity index (χ0v) is 21.9. The van der Waals surface area contributed by atoms with Gasteiger partial charge in [0.2, 0.25) is 6.79 Å². The van der Waals surface area contributed by atoms with Crippen molar-refractivity contribution in [3.8, 4) is 5.75 Å². The van der Waals surface area contributed by atoms with E-state index in [0.717, 1.165) is 36.2 Å². The molecule has 0 aliphatic carbocycles. The standard InChI is InChI=1S/C30H46NO3/c1-5-6-7-8-9-10-12-16-27-19-15-20-29(23-27)33-25-34-30(32)26(2)21-22-31(3,4)24-28-17-13-11-14-18-28/h11,13-15,17-20,23,26H,5-10,12,16,21-22,24-25H2,1-4H3/q+1. The van der Waals surface area contributed by atoms with Crippen LogP contribution in [0.25, 0.3) is 0 Å².